The molecule has 2 aliphatic rings. The number of hydrogen-bond donors (Lipinski definition) is 4. The number of amides is 1. The van der Waals surface area contributed by atoms with Crippen molar-refractivity contribution in [2.45, 2.75) is 31.2 Å². The molecule has 2 fully saturated rings. The molecule has 9 nitrogen and oxygen atoms in total. The van der Waals surface area contributed by atoms with E-state index in [-0.39, 0.29) is 28.9 Å². The number of carbonyl (C=O) groups excluding carboxylic acids is 1. The van der Waals surface area contributed by atoms with Crippen molar-refractivity contribution in [3.05, 3.63) is 53.4 Å². The van der Waals surface area contributed by atoms with Gasteiger partial charge in [0.25, 0.3) is 0 Å². The number of likely N-dealkylation sites (N-methyl/N-ethyl adjacent to an activating group) is 1. The first kappa shape index (κ1) is 29.7. The molecule has 2 heterocycles. The Labute approximate surface area is 248 Å². The summed E-state index contributed by atoms with van der Waals surface area (Å²) >= 11 is 7.41. The molecule has 12 heteroatoms. The Morgan fingerprint density at radius 2 is 2.02 bits per heavy atom. The first-order valence-corrected chi connectivity index (χ1v) is 15.2. The molecule has 0 aliphatic heterocycles. The zero-order valence-electron chi connectivity index (χ0n) is 23.2. The van der Waals surface area contributed by atoms with E-state index in [1.807, 2.05) is 0 Å². The molecule has 2 aliphatic carbocycles. The molecule has 0 radical (unpaired) electrons. The standard InChI is InChI=1S/C29H35ClFN7O2S/c1-3-9-38(2)10-8-32-18-28-16-29(28,17-28)27(40)35-25-14-20(6-7-33-25)34-24-15-23(36-37-26(24)41-12-11-39)21-13-19(30)4-5-22(21)31/h4-7,13-15,32,39H,3,8-12,16-18H2,1-2H3,(H2,33,34,35,36,40). The van der Waals surface area contributed by atoms with Crippen molar-refractivity contribution in [2.24, 2.45) is 10.8 Å². The number of thioether (sulfide) groups is 1. The topological polar surface area (TPSA) is 115 Å². The molecule has 0 bridgehead atoms. The minimum absolute atomic E-state index is 0.00976. The van der Waals surface area contributed by atoms with Crippen LogP contribution in [-0.4, -0.2) is 76.7 Å². The highest BCUT2D eigenvalue weighted by Gasteiger charge is 2.86. The third-order valence-electron chi connectivity index (χ3n) is 7.79. The lowest BCUT2D eigenvalue weighted by atomic mass is 10.1. The Hall–Kier alpha value is -2.83. The Morgan fingerprint density at radius 3 is 2.80 bits per heavy atom. The zero-order valence-corrected chi connectivity index (χ0v) is 24.8. The smallest absolute Gasteiger partial charge is 0.232 e. The van der Waals surface area contributed by atoms with Crippen LogP contribution in [0.3, 0.4) is 0 Å². The Morgan fingerprint density at radius 1 is 1.20 bits per heavy atom. The van der Waals surface area contributed by atoms with Gasteiger partial charge in [0, 0.05) is 53.9 Å². The van der Waals surface area contributed by atoms with Gasteiger partial charge in [-0.05, 0) is 68.6 Å². The summed E-state index contributed by atoms with van der Waals surface area (Å²) in [5.41, 5.74) is 1.57. The van der Waals surface area contributed by atoms with E-state index in [1.54, 1.807) is 24.4 Å². The molecule has 41 heavy (non-hydrogen) atoms. The molecule has 5 rings (SSSR count). The van der Waals surface area contributed by atoms with E-state index in [0.29, 0.717) is 38.7 Å². The molecule has 2 saturated carbocycles. The number of rotatable bonds is 15. The summed E-state index contributed by atoms with van der Waals surface area (Å²) < 4.78 is 14.5. The van der Waals surface area contributed by atoms with Crippen LogP contribution in [0.5, 0.6) is 0 Å². The largest absolute Gasteiger partial charge is 0.396 e. The molecule has 0 atom stereocenters. The van der Waals surface area contributed by atoms with Gasteiger partial charge < -0.3 is 26.0 Å². The van der Waals surface area contributed by atoms with Crippen LogP contribution in [0.15, 0.2) is 47.6 Å². The normalized spacial score (nSPS) is 20.5. The van der Waals surface area contributed by atoms with Crippen molar-refractivity contribution in [3.63, 3.8) is 0 Å². The molecule has 218 valence electrons. The highest BCUT2D eigenvalue weighted by molar-refractivity contribution is 7.99. The summed E-state index contributed by atoms with van der Waals surface area (Å²) in [6, 6.07) is 9.47. The van der Waals surface area contributed by atoms with E-state index in [2.05, 4.69) is 50.0 Å². The average molecular weight is 600 g/mol. The van der Waals surface area contributed by atoms with E-state index in [4.69, 9.17) is 11.6 Å². The molecule has 2 aromatic heterocycles. The molecular formula is C29H35ClFN7O2S. The van der Waals surface area contributed by atoms with Gasteiger partial charge in [0.15, 0.2) is 0 Å². The van der Waals surface area contributed by atoms with E-state index in [1.165, 1.54) is 30.0 Å². The number of anilines is 3. The van der Waals surface area contributed by atoms with Gasteiger partial charge in [0.1, 0.15) is 16.7 Å². The number of pyridine rings is 1. The number of carbonyl (C=O) groups is 1. The second kappa shape index (κ2) is 12.6. The summed E-state index contributed by atoms with van der Waals surface area (Å²) in [5.74, 6) is 0.411. The van der Waals surface area contributed by atoms with Gasteiger partial charge in [-0.25, -0.2) is 9.37 Å². The number of aliphatic hydroxyl groups excluding tert-OH is 1. The molecular weight excluding hydrogens is 565 g/mol. The van der Waals surface area contributed by atoms with Crippen LogP contribution in [0.1, 0.15) is 26.2 Å². The number of aromatic nitrogens is 3. The minimum Gasteiger partial charge on any atom is -0.396 e. The lowest BCUT2D eigenvalue weighted by Crippen LogP contribution is -2.31. The third kappa shape index (κ3) is 6.65. The predicted molar refractivity (Wildman–Crippen MR) is 161 cm³/mol. The van der Waals surface area contributed by atoms with Crippen LogP contribution < -0.4 is 16.0 Å². The minimum atomic E-state index is -0.464. The maximum atomic E-state index is 14.5. The molecule has 0 saturated heterocycles. The highest BCUT2D eigenvalue weighted by atomic mass is 35.5. The summed E-state index contributed by atoms with van der Waals surface area (Å²) in [7, 11) is 2.13. The maximum Gasteiger partial charge on any atom is 0.232 e. The second-order valence-corrected chi connectivity index (χ2v) is 12.4. The zero-order chi connectivity index (χ0) is 29.0. The van der Waals surface area contributed by atoms with Crippen molar-refractivity contribution in [2.75, 3.05) is 56.2 Å². The van der Waals surface area contributed by atoms with Gasteiger partial charge in [-0.1, -0.05) is 18.5 Å². The van der Waals surface area contributed by atoms with Gasteiger partial charge in [-0.2, -0.15) is 0 Å². The summed E-state index contributed by atoms with van der Waals surface area (Å²) in [6.45, 7) is 6.00. The molecule has 0 unspecified atom stereocenters. The number of nitrogens with zero attached hydrogens (tertiary/aromatic N) is 4. The number of nitrogens with one attached hydrogen (secondary N) is 3. The molecule has 1 aromatic carbocycles. The van der Waals surface area contributed by atoms with Gasteiger partial charge in [0.05, 0.1) is 23.4 Å². The summed E-state index contributed by atoms with van der Waals surface area (Å²) in [5, 5.41) is 28.5. The Balaban J connectivity index is 1.24. The van der Waals surface area contributed by atoms with Crippen molar-refractivity contribution in [1.82, 2.24) is 25.4 Å². The fourth-order valence-corrected chi connectivity index (χ4v) is 6.14. The van der Waals surface area contributed by atoms with Crippen LogP contribution in [0.2, 0.25) is 5.02 Å². The predicted octanol–water partition coefficient (Wildman–Crippen LogP) is 4.81. The van der Waals surface area contributed by atoms with Crippen LogP contribution in [-0.2, 0) is 4.79 Å². The summed E-state index contributed by atoms with van der Waals surface area (Å²) in [6.07, 6.45) is 4.56. The Kier molecular flexibility index (Phi) is 9.10. The quantitative estimate of drug-likeness (QED) is 0.144. The van der Waals surface area contributed by atoms with E-state index in [0.717, 1.165) is 45.4 Å². The van der Waals surface area contributed by atoms with E-state index >= 15 is 0 Å². The van der Waals surface area contributed by atoms with Crippen LogP contribution in [0.4, 0.5) is 21.6 Å². The van der Waals surface area contributed by atoms with Crippen LogP contribution in [0, 0.1) is 16.6 Å². The monoisotopic (exact) mass is 599 g/mol. The molecule has 3 aromatic rings. The lowest BCUT2D eigenvalue weighted by Gasteiger charge is -2.15. The Bertz CT molecular complexity index is 1410. The fraction of sp³-hybridized carbons (Fsp3) is 0.448. The molecule has 4 N–H and O–H groups in total. The van der Waals surface area contributed by atoms with Crippen LogP contribution in [0.25, 0.3) is 11.3 Å². The van der Waals surface area contributed by atoms with E-state index in [9.17, 15) is 14.3 Å². The number of fused-ring (bicyclic) bond motifs is 1. The first-order chi connectivity index (χ1) is 19.8. The lowest BCUT2D eigenvalue weighted by molar-refractivity contribution is -0.119. The second-order valence-electron chi connectivity index (χ2n) is 10.8. The van der Waals surface area contributed by atoms with E-state index < -0.39 is 5.82 Å². The fourth-order valence-electron chi connectivity index (χ4n) is 5.31. The number of hydrogen-bond acceptors (Lipinski definition) is 9. The van der Waals surface area contributed by atoms with Crippen LogP contribution >= 0.6 is 23.4 Å². The van der Waals surface area contributed by atoms with Crippen molar-refractivity contribution in [1.29, 1.82) is 0 Å². The van der Waals surface area contributed by atoms with Gasteiger partial charge in [-0.15, -0.1) is 22.0 Å². The summed E-state index contributed by atoms with van der Waals surface area (Å²) in [4.78, 5) is 19.8. The number of halogens is 2. The van der Waals surface area contributed by atoms with Crippen molar-refractivity contribution in [3.8, 4) is 11.3 Å². The maximum absolute atomic E-state index is 14.5. The number of aliphatic hydroxyl groups is 1. The van der Waals surface area contributed by atoms with Crippen molar-refractivity contribution < 1.29 is 14.3 Å². The molecule has 0 spiro atoms. The van der Waals surface area contributed by atoms with Gasteiger partial charge in [0.2, 0.25) is 5.91 Å². The SMILES string of the molecule is CCCN(C)CCNCC12CC1(C(=O)Nc1cc(Nc3cc(-c4cc(Cl)ccc4F)nnc3SCCO)ccn1)C2. The van der Waals surface area contributed by atoms with Gasteiger partial charge in [-0.3, -0.25) is 4.79 Å². The molecule has 1 amide bonds. The first-order valence-electron chi connectivity index (χ1n) is 13.8. The van der Waals surface area contributed by atoms with Crippen molar-refractivity contribution >= 4 is 46.5 Å². The number of benzene rings is 1. The highest BCUT2D eigenvalue weighted by Crippen LogP contribution is 2.85. The average Bonchev–Trinajstić information content (AvgIpc) is 3.80. The third-order valence-corrected chi connectivity index (χ3v) is 8.99. The van der Waals surface area contributed by atoms with Gasteiger partial charge >= 0.3 is 0 Å².